The van der Waals surface area contributed by atoms with Crippen molar-refractivity contribution in [2.45, 2.75) is 309 Å². The summed E-state index contributed by atoms with van der Waals surface area (Å²) in [4.78, 5) is 25.3. The van der Waals surface area contributed by atoms with Gasteiger partial charge in [-0.2, -0.15) is 0 Å². The number of phosphoric acid groups is 1. The van der Waals surface area contributed by atoms with Crippen molar-refractivity contribution in [2.75, 3.05) is 54.1 Å². The predicted molar refractivity (Wildman–Crippen MR) is 291 cm³/mol. The van der Waals surface area contributed by atoms with Crippen LogP contribution in [0.5, 0.6) is 0 Å². The van der Waals surface area contributed by atoms with E-state index in [1.165, 1.54) is 250 Å². The van der Waals surface area contributed by atoms with Gasteiger partial charge in [-0.3, -0.25) is 9.36 Å². The van der Waals surface area contributed by atoms with E-state index in [4.69, 9.17) is 18.5 Å². The number of unbranched alkanes of at least 4 members (excludes halogenated alkanes) is 41. The first-order valence-corrected chi connectivity index (χ1v) is 31.4. The lowest BCUT2D eigenvalue weighted by Gasteiger charge is -2.28. The van der Waals surface area contributed by atoms with Crippen LogP contribution in [0, 0.1) is 0 Å². The number of phosphoric ester groups is 1. The van der Waals surface area contributed by atoms with Crippen LogP contribution in [0.25, 0.3) is 0 Å². The number of carbonyl (C=O) groups excluding carboxylic acids is 1. The smallest absolute Gasteiger partial charge is 0.306 e. The average molecular weight is 985 g/mol. The lowest BCUT2D eigenvalue weighted by Crippen LogP contribution is -2.37. The zero-order chi connectivity index (χ0) is 49.8. The van der Waals surface area contributed by atoms with Crippen LogP contribution in [-0.2, 0) is 27.9 Å². The van der Waals surface area contributed by atoms with Crippen LogP contribution in [-0.4, -0.2) is 70.7 Å². The minimum absolute atomic E-state index is 0.0301. The normalized spacial score (nSPS) is 13.4. The van der Waals surface area contributed by atoms with Crippen molar-refractivity contribution < 1.29 is 37.3 Å². The van der Waals surface area contributed by atoms with Crippen molar-refractivity contribution in [2.24, 2.45) is 0 Å². The van der Waals surface area contributed by atoms with Gasteiger partial charge in [0.15, 0.2) is 0 Å². The Morgan fingerprint density at radius 3 is 1.12 bits per heavy atom. The molecule has 0 amide bonds. The fraction of sp³-hybridized carbons (Fsp3) is 0.949. The second kappa shape index (κ2) is 52.6. The highest BCUT2D eigenvalue weighted by Crippen LogP contribution is 2.38. The molecule has 0 bridgehead atoms. The molecule has 68 heavy (non-hydrogen) atoms. The van der Waals surface area contributed by atoms with Crippen molar-refractivity contribution in [3.63, 3.8) is 0 Å². The summed E-state index contributed by atoms with van der Waals surface area (Å²) in [5.41, 5.74) is 0. The van der Waals surface area contributed by atoms with Gasteiger partial charge >= 0.3 is 5.97 Å². The van der Waals surface area contributed by atoms with Gasteiger partial charge in [-0.1, -0.05) is 270 Å². The number of esters is 1. The van der Waals surface area contributed by atoms with E-state index in [9.17, 15) is 14.3 Å². The van der Waals surface area contributed by atoms with Crippen LogP contribution in [0.3, 0.4) is 0 Å². The Morgan fingerprint density at radius 1 is 0.441 bits per heavy atom. The van der Waals surface area contributed by atoms with Crippen LogP contribution in [0.2, 0.25) is 0 Å². The highest BCUT2D eigenvalue weighted by molar-refractivity contribution is 7.45. The van der Waals surface area contributed by atoms with E-state index >= 15 is 0 Å². The second-order valence-electron chi connectivity index (χ2n) is 21.7. The molecule has 0 aliphatic rings. The molecule has 0 radical (unpaired) electrons. The van der Waals surface area contributed by atoms with E-state index in [1.54, 1.807) is 0 Å². The number of hydrogen-bond donors (Lipinski definition) is 0. The van der Waals surface area contributed by atoms with Crippen LogP contribution in [0.1, 0.15) is 303 Å². The Hall–Kier alpha value is -0.760. The molecule has 0 aliphatic heterocycles. The van der Waals surface area contributed by atoms with E-state index < -0.39 is 13.9 Å². The molecule has 0 aromatic rings. The average Bonchev–Trinajstić information content (AvgIpc) is 3.30. The molecule has 2 unspecified atom stereocenters. The fourth-order valence-electron chi connectivity index (χ4n) is 8.96. The number of quaternary nitrogens is 1. The molecule has 0 aliphatic carbocycles. The maximum atomic E-state index is 12.8. The summed E-state index contributed by atoms with van der Waals surface area (Å²) in [6, 6.07) is 0. The number of rotatable bonds is 57. The van der Waals surface area contributed by atoms with Crippen molar-refractivity contribution in [1.29, 1.82) is 0 Å². The molecular formula is C59H118NO7P. The first kappa shape index (κ1) is 67.2. The molecule has 8 nitrogen and oxygen atoms in total. The molecular weight excluding hydrogens is 866 g/mol. The number of carbonyl (C=O) groups is 1. The van der Waals surface area contributed by atoms with Gasteiger partial charge in [-0.05, 0) is 38.5 Å². The third-order valence-electron chi connectivity index (χ3n) is 13.6. The van der Waals surface area contributed by atoms with Gasteiger partial charge in [0.25, 0.3) is 7.82 Å². The molecule has 2 atom stereocenters. The van der Waals surface area contributed by atoms with E-state index in [-0.39, 0.29) is 25.8 Å². The minimum Gasteiger partial charge on any atom is -0.756 e. The zero-order valence-electron chi connectivity index (χ0n) is 46.3. The highest BCUT2D eigenvalue weighted by Gasteiger charge is 2.20. The van der Waals surface area contributed by atoms with Crippen molar-refractivity contribution in [1.82, 2.24) is 0 Å². The molecule has 0 saturated heterocycles. The summed E-state index contributed by atoms with van der Waals surface area (Å²) < 4.78 is 34.9. The van der Waals surface area contributed by atoms with Crippen LogP contribution in [0.4, 0.5) is 0 Å². The summed E-state index contributed by atoms with van der Waals surface area (Å²) in [6.45, 7) is 5.50. The van der Waals surface area contributed by atoms with Gasteiger partial charge in [0.1, 0.15) is 19.3 Å². The Bertz CT molecular complexity index is 1100. The summed E-state index contributed by atoms with van der Waals surface area (Å²) in [7, 11) is 1.38. The Kier molecular flexibility index (Phi) is 52.0. The largest absolute Gasteiger partial charge is 0.756 e. The van der Waals surface area contributed by atoms with Gasteiger partial charge in [0.2, 0.25) is 0 Å². The number of hydrogen-bond acceptors (Lipinski definition) is 7. The fourth-order valence-corrected chi connectivity index (χ4v) is 9.69. The Morgan fingerprint density at radius 2 is 0.765 bits per heavy atom. The van der Waals surface area contributed by atoms with E-state index in [0.29, 0.717) is 24.1 Å². The van der Waals surface area contributed by atoms with Crippen molar-refractivity contribution >= 4 is 13.8 Å². The van der Waals surface area contributed by atoms with Crippen molar-refractivity contribution in [3.05, 3.63) is 12.2 Å². The van der Waals surface area contributed by atoms with E-state index in [0.717, 1.165) is 32.1 Å². The topological polar surface area (TPSA) is 94.1 Å². The second-order valence-corrected chi connectivity index (χ2v) is 23.1. The number of likely N-dealkylation sites (N-methyl/N-ethyl adjacent to an activating group) is 1. The minimum atomic E-state index is -4.53. The standard InChI is InChI=1S/C59H118NO7P/c1-6-8-10-12-14-16-18-20-22-24-26-28-30-32-34-36-38-40-42-44-46-48-50-52-59(61)67-58(57-66-68(62,63)65-55-53-60(3,4)5)56-64-54-51-49-47-45-43-41-39-37-35-33-31-29-27-25-23-21-19-17-15-13-11-9-7-2/h24,26,58H,6-23,25,27-57H2,1-5H3/b26-24-. The molecule has 0 fully saturated rings. The first-order valence-electron chi connectivity index (χ1n) is 29.9. The lowest BCUT2D eigenvalue weighted by atomic mass is 10.0. The molecule has 0 spiro atoms. The SMILES string of the molecule is CCCCCCCCCC/C=C\CCCCCCCCCCCCCC(=O)OC(COCCCCCCCCCCCCCCCCCCCCCCCCC)COP(=O)([O-])OCC[N+](C)(C)C. The van der Waals surface area contributed by atoms with Gasteiger partial charge in [0.05, 0.1) is 34.4 Å². The summed E-state index contributed by atoms with van der Waals surface area (Å²) in [5.74, 6) is -0.326. The number of ether oxygens (including phenoxy) is 2. The summed E-state index contributed by atoms with van der Waals surface area (Å²) >= 11 is 0. The van der Waals surface area contributed by atoms with Gasteiger partial charge in [-0.15, -0.1) is 0 Å². The van der Waals surface area contributed by atoms with Crippen molar-refractivity contribution in [3.8, 4) is 0 Å². The molecule has 0 heterocycles. The molecule has 0 saturated carbocycles. The lowest BCUT2D eigenvalue weighted by molar-refractivity contribution is -0.870. The number of nitrogens with zero attached hydrogens (tertiary/aromatic N) is 1. The third kappa shape index (κ3) is 56.2. The molecule has 0 rings (SSSR count). The number of allylic oxidation sites excluding steroid dienone is 2. The monoisotopic (exact) mass is 984 g/mol. The molecule has 406 valence electrons. The molecule has 0 aromatic carbocycles. The molecule has 9 heteroatoms. The summed E-state index contributed by atoms with van der Waals surface area (Å²) in [6.07, 6.45) is 62.6. The van der Waals surface area contributed by atoms with Crippen LogP contribution >= 0.6 is 7.82 Å². The van der Waals surface area contributed by atoms with Gasteiger partial charge < -0.3 is 27.9 Å². The maximum absolute atomic E-state index is 12.8. The van der Waals surface area contributed by atoms with Crippen LogP contribution in [0.15, 0.2) is 12.2 Å². The Balaban J connectivity index is 4.01. The van der Waals surface area contributed by atoms with Gasteiger partial charge in [0, 0.05) is 13.0 Å². The molecule has 0 aromatic heterocycles. The molecule has 0 N–H and O–H groups in total. The quantitative estimate of drug-likeness (QED) is 0.0197. The van der Waals surface area contributed by atoms with E-state index in [1.807, 2.05) is 21.1 Å². The van der Waals surface area contributed by atoms with E-state index in [2.05, 4.69) is 26.0 Å². The predicted octanol–water partition coefficient (Wildman–Crippen LogP) is 18.3. The first-order chi connectivity index (χ1) is 33.1. The zero-order valence-corrected chi connectivity index (χ0v) is 47.2. The maximum Gasteiger partial charge on any atom is 0.306 e. The Labute approximate surface area is 424 Å². The van der Waals surface area contributed by atoms with Crippen LogP contribution < -0.4 is 4.89 Å². The highest BCUT2D eigenvalue weighted by atomic mass is 31.2. The summed E-state index contributed by atoms with van der Waals surface area (Å²) in [5, 5.41) is 0. The van der Waals surface area contributed by atoms with Gasteiger partial charge in [-0.25, -0.2) is 0 Å². The third-order valence-corrected chi connectivity index (χ3v) is 14.5.